The molecule has 4 heteroatoms. The molecular weight excluding hydrogens is 274 g/mol. The number of carbonyl (C=O) groups excluding carboxylic acids is 1. The van der Waals surface area contributed by atoms with Gasteiger partial charge in [0.1, 0.15) is 0 Å². The van der Waals surface area contributed by atoms with Crippen LogP contribution in [0.15, 0.2) is 18.5 Å². The molecule has 1 saturated heterocycles. The Hall–Kier alpha value is -1.58. The first-order chi connectivity index (χ1) is 10.7. The number of anilines is 1. The number of likely N-dealkylation sites (tertiary alicyclic amines) is 1. The van der Waals surface area contributed by atoms with Crippen LogP contribution in [-0.4, -0.2) is 42.0 Å². The van der Waals surface area contributed by atoms with E-state index < -0.39 is 0 Å². The number of pyridine rings is 1. The van der Waals surface area contributed by atoms with Crippen LogP contribution in [-0.2, 0) is 0 Å². The molecule has 1 atom stereocenters. The third-order valence-electron chi connectivity index (χ3n) is 4.27. The molecule has 22 heavy (non-hydrogen) atoms. The second-order valence-electron chi connectivity index (χ2n) is 6.42. The molecule has 0 bridgehead atoms. The standard InChI is InChI=1S/C18H29N3O/c1-4-8-20(9-5-2)17-11-16(12-19-13-17)18(22)21-10-6-7-15(3)14-21/h11-13,15H,4-10,14H2,1-3H3. The van der Waals surface area contributed by atoms with E-state index in [1.165, 1.54) is 6.42 Å². The molecule has 1 aromatic heterocycles. The van der Waals surface area contributed by atoms with E-state index in [1.807, 2.05) is 17.2 Å². The number of hydrogen-bond donors (Lipinski definition) is 0. The second-order valence-corrected chi connectivity index (χ2v) is 6.42. The minimum Gasteiger partial charge on any atom is -0.370 e. The maximum Gasteiger partial charge on any atom is 0.255 e. The van der Waals surface area contributed by atoms with Gasteiger partial charge in [-0.05, 0) is 37.7 Å². The predicted molar refractivity (Wildman–Crippen MR) is 91.3 cm³/mol. The quantitative estimate of drug-likeness (QED) is 0.806. The van der Waals surface area contributed by atoms with E-state index in [1.54, 1.807) is 6.20 Å². The largest absolute Gasteiger partial charge is 0.370 e. The Morgan fingerprint density at radius 2 is 2.05 bits per heavy atom. The van der Waals surface area contributed by atoms with Gasteiger partial charge in [0, 0.05) is 32.4 Å². The molecule has 0 aliphatic carbocycles. The van der Waals surface area contributed by atoms with Crippen LogP contribution in [0.25, 0.3) is 0 Å². The molecule has 0 saturated carbocycles. The zero-order chi connectivity index (χ0) is 15.9. The van der Waals surface area contributed by atoms with E-state index in [0.717, 1.165) is 56.7 Å². The molecule has 2 heterocycles. The van der Waals surface area contributed by atoms with Crippen LogP contribution in [0.2, 0.25) is 0 Å². The first-order valence-corrected chi connectivity index (χ1v) is 8.65. The van der Waals surface area contributed by atoms with E-state index in [-0.39, 0.29) is 5.91 Å². The second kappa shape index (κ2) is 8.16. The lowest BCUT2D eigenvalue weighted by atomic mass is 10.00. The third-order valence-corrected chi connectivity index (χ3v) is 4.27. The molecule has 0 radical (unpaired) electrons. The van der Waals surface area contributed by atoms with Crippen molar-refractivity contribution in [2.75, 3.05) is 31.1 Å². The Labute approximate surface area is 134 Å². The summed E-state index contributed by atoms with van der Waals surface area (Å²) >= 11 is 0. The van der Waals surface area contributed by atoms with Crippen molar-refractivity contribution in [3.8, 4) is 0 Å². The Bertz CT molecular complexity index is 483. The van der Waals surface area contributed by atoms with Gasteiger partial charge in [-0.3, -0.25) is 9.78 Å². The molecule has 1 aliphatic heterocycles. The highest BCUT2D eigenvalue weighted by Gasteiger charge is 2.22. The Balaban J connectivity index is 2.14. The number of rotatable bonds is 6. The van der Waals surface area contributed by atoms with Crippen molar-refractivity contribution >= 4 is 11.6 Å². The minimum absolute atomic E-state index is 0.133. The molecule has 0 N–H and O–H groups in total. The summed E-state index contributed by atoms with van der Waals surface area (Å²) in [5.74, 6) is 0.736. The van der Waals surface area contributed by atoms with E-state index in [0.29, 0.717) is 5.92 Å². The Morgan fingerprint density at radius 3 is 2.68 bits per heavy atom. The fourth-order valence-corrected chi connectivity index (χ4v) is 3.18. The van der Waals surface area contributed by atoms with Gasteiger partial charge in [-0.15, -0.1) is 0 Å². The SMILES string of the molecule is CCCN(CCC)c1cncc(C(=O)N2CCCC(C)C2)c1. The van der Waals surface area contributed by atoms with E-state index in [2.05, 4.69) is 30.7 Å². The Kier molecular flexibility index (Phi) is 6.22. The molecule has 1 fully saturated rings. The van der Waals surface area contributed by atoms with Crippen LogP contribution < -0.4 is 4.90 Å². The van der Waals surface area contributed by atoms with Crippen LogP contribution in [0.5, 0.6) is 0 Å². The zero-order valence-corrected chi connectivity index (χ0v) is 14.2. The van der Waals surface area contributed by atoms with Crippen molar-refractivity contribution in [3.05, 3.63) is 24.0 Å². The molecular formula is C18H29N3O. The van der Waals surface area contributed by atoms with Crippen LogP contribution in [0, 0.1) is 5.92 Å². The van der Waals surface area contributed by atoms with Crippen LogP contribution in [0.4, 0.5) is 5.69 Å². The lowest BCUT2D eigenvalue weighted by molar-refractivity contribution is 0.0682. The van der Waals surface area contributed by atoms with Gasteiger partial charge < -0.3 is 9.80 Å². The average molecular weight is 303 g/mol. The predicted octanol–water partition coefficient (Wildman–Crippen LogP) is 3.58. The summed E-state index contributed by atoms with van der Waals surface area (Å²) in [6, 6.07) is 2.01. The van der Waals surface area contributed by atoms with E-state index in [9.17, 15) is 4.79 Å². The summed E-state index contributed by atoms with van der Waals surface area (Å²) in [4.78, 5) is 21.3. The maximum atomic E-state index is 12.7. The maximum absolute atomic E-state index is 12.7. The van der Waals surface area contributed by atoms with Gasteiger partial charge in [0.2, 0.25) is 0 Å². The van der Waals surface area contributed by atoms with Crippen molar-refractivity contribution in [3.63, 3.8) is 0 Å². The topological polar surface area (TPSA) is 36.4 Å². The summed E-state index contributed by atoms with van der Waals surface area (Å²) in [5.41, 5.74) is 1.79. The number of amides is 1. The molecule has 4 nitrogen and oxygen atoms in total. The summed E-state index contributed by atoms with van der Waals surface area (Å²) in [6.07, 6.45) is 8.12. The first-order valence-electron chi connectivity index (χ1n) is 8.65. The highest BCUT2D eigenvalue weighted by Crippen LogP contribution is 2.20. The lowest BCUT2D eigenvalue weighted by Gasteiger charge is -2.31. The average Bonchev–Trinajstić information content (AvgIpc) is 2.54. The number of aromatic nitrogens is 1. The lowest BCUT2D eigenvalue weighted by Crippen LogP contribution is -2.39. The minimum atomic E-state index is 0.133. The van der Waals surface area contributed by atoms with Crippen molar-refractivity contribution in [1.29, 1.82) is 0 Å². The molecule has 0 aromatic carbocycles. The smallest absolute Gasteiger partial charge is 0.255 e. The number of hydrogen-bond acceptors (Lipinski definition) is 3. The van der Waals surface area contributed by atoms with Crippen molar-refractivity contribution in [2.24, 2.45) is 5.92 Å². The Morgan fingerprint density at radius 1 is 1.32 bits per heavy atom. The van der Waals surface area contributed by atoms with Gasteiger partial charge in [-0.25, -0.2) is 0 Å². The number of carbonyl (C=O) groups is 1. The zero-order valence-electron chi connectivity index (χ0n) is 14.2. The van der Waals surface area contributed by atoms with Gasteiger partial charge in [0.05, 0.1) is 17.4 Å². The molecule has 122 valence electrons. The normalized spacial score (nSPS) is 18.3. The van der Waals surface area contributed by atoms with Crippen molar-refractivity contribution in [1.82, 2.24) is 9.88 Å². The summed E-state index contributed by atoms with van der Waals surface area (Å²) < 4.78 is 0. The van der Waals surface area contributed by atoms with E-state index >= 15 is 0 Å². The number of piperidine rings is 1. The van der Waals surface area contributed by atoms with Crippen LogP contribution in [0.1, 0.15) is 56.8 Å². The van der Waals surface area contributed by atoms with Gasteiger partial charge in [-0.2, -0.15) is 0 Å². The van der Waals surface area contributed by atoms with Crippen molar-refractivity contribution in [2.45, 2.75) is 46.5 Å². The molecule has 1 aromatic rings. The van der Waals surface area contributed by atoms with E-state index in [4.69, 9.17) is 0 Å². The molecule has 1 unspecified atom stereocenters. The highest BCUT2D eigenvalue weighted by atomic mass is 16.2. The summed E-state index contributed by atoms with van der Waals surface area (Å²) in [7, 11) is 0. The number of nitrogens with zero attached hydrogens (tertiary/aromatic N) is 3. The highest BCUT2D eigenvalue weighted by molar-refractivity contribution is 5.94. The van der Waals surface area contributed by atoms with Gasteiger partial charge in [0.25, 0.3) is 5.91 Å². The summed E-state index contributed by atoms with van der Waals surface area (Å²) in [6.45, 7) is 10.3. The molecule has 0 spiro atoms. The summed E-state index contributed by atoms with van der Waals surface area (Å²) in [5, 5.41) is 0. The van der Waals surface area contributed by atoms with Crippen LogP contribution in [0.3, 0.4) is 0 Å². The fourth-order valence-electron chi connectivity index (χ4n) is 3.18. The molecule has 2 rings (SSSR count). The molecule has 1 aliphatic rings. The van der Waals surface area contributed by atoms with Gasteiger partial charge in [-0.1, -0.05) is 20.8 Å². The molecule has 1 amide bonds. The van der Waals surface area contributed by atoms with Crippen LogP contribution >= 0.6 is 0 Å². The fraction of sp³-hybridized carbons (Fsp3) is 0.667. The first kappa shape index (κ1) is 16.8. The van der Waals surface area contributed by atoms with Gasteiger partial charge in [0.15, 0.2) is 0 Å². The monoisotopic (exact) mass is 303 g/mol. The van der Waals surface area contributed by atoms with Crippen molar-refractivity contribution < 1.29 is 4.79 Å². The van der Waals surface area contributed by atoms with Gasteiger partial charge >= 0.3 is 0 Å². The third kappa shape index (κ3) is 4.21.